The molecule has 0 rings (SSSR count). The average molecular weight is 331 g/mol. The highest BCUT2D eigenvalue weighted by Gasteiger charge is 2.40. The van der Waals surface area contributed by atoms with Gasteiger partial charge in [0, 0.05) is 5.79 Å². The Bertz CT molecular complexity index is 297. The van der Waals surface area contributed by atoms with Crippen LogP contribution in [-0.2, 0) is 0 Å². The molecule has 0 heterocycles. The van der Waals surface area contributed by atoms with E-state index in [9.17, 15) is 0 Å². The largest absolute Gasteiger partial charge is 0.326 e. The van der Waals surface area contributed by atoms with Crippen LogP contribution >= 0.6 is 0 Å². The van der Waals surface area contributed by atoms with Gasteiger partial charge in [0.25, 0.3) is 0 Å². The van der Waals surface area contributed by atoms with Gasteiger partial charge in [-0.25, -0.2) is 0 Å². The molecule has 0 aromatic rings. The first kappa shape index (κ1) is 20.3. The Morgan fingerprint density at radius 2 is 1.15 bits per heavy atom. The summed E-state index contributed by atoms with van der Waals surface area (Å²) in [5.41, 5.74) is 2.17. The van der Waals surface area contributed by atoms with Crippen molar-refractivity contribution in [3.05, 3.63) is 12.3 Å². The Morgan fingerprint density at radius 1 is 0.850 bits per heavy atom. The van der Waals surface area contributed by atoms with Crippen LogP contribution in [0.4, 0.5) is 0 Å². The van der Waals surface area contributed by atoms with Crippen molar-refractivity contribution >= 4 is 26.0 Å². The zero-order chi connectivity index (χ0) is 16.4. The molecule has 0 amide bonds. The summed E-state index contributed by atoms with van der Waals surface area (Å²) in [6, 6.07) is 0. The van der Waals surface area contributed by atoms with Gasteiger partial charge in [0.1, 0.15) is 16.5 Å². The van der Waals surface area contributed by atoms with Crippen LogP contribution in [0.3, 0.4) is 0 Å². The van der Waals surface area contributed by atoms with E-state index in [2.05, 4.69) is 90.0 Å². The van der Waals surface area contributed by atoms with Crippen LogP contribution < -0.4 is 9.96 Å². The summed E-state index contributed by atoms with van der Waals surface area (Å²) < 4.78 is 0. The van der Waals surface area contributed by atoms with Gasteiger partial charge in [0.05, 0.1) is 9.52 Å². The van der Waals surface area contributed by atoms with Gasteiger partial charge < -0.3 is 9.96 Å². The van der Waals surface area contributed by atoms with Gasteiger partial charge in [-0.3, -0.25) is 0 Å². The SMILES string of the molecule is C=C[SiH2]C(N[Si](C)(C)C(C)(C)C)N[Si](C)(C)C(C)(C)C. The molecule has 120 valence electrons. The van der Waals surface area contributed by atoms with Crippen LogP contribution in [0.1, 0.15) is 41.5 Å². The van der Waals surface area contributed by atoms with Crippen molar-refractivity contribution < 1.29 is 0 Å². The zero-order valence-electron chi connectivity index (χ0n) is 15.6. The molecule has 0 radical (unpaired) electrons. The summed E-state index contributed by atoms with van der Waals surface area (Å²) in [7, 11) is -3.26. The third-order valence-electron chi connectivity index (χ3n) is 5.22. The molecular formula is C15H38N2Si3. The van der Waals surface area contributed by atoms with E-state index in [1.54, 1.807) is 0 Å². The van der Waals surface area contributed by atoms with Crippen molar-refractivity contribution in [2.45, 2.75) is 83.6 Å². The summed E-state index contributed by atoms with van der Waals surface area (Å²) in [6.07, 6.45) is 0. The Hall–Kier alpha value is 0.311. The Labute approximate surface area is 132 Å². The van der Waals surface area contributed by atoms with Gasteiger partial charge in [-0.15, -0.1) is 12.3 Å². The second-order valence-electron chi connectivity index (χ2n) is 9.12. The molecule has 0 saturated heterocycles. The molecule has 0 fully saturated rings. The molecule has 2 nitrogen and oxygen atoms in total. The van der Waals surface area contributed by atoms with E-state index in [0.29, 0.717) is 15.9 Å². The lowest BCUT2D eigenvalue weighted by Crippen LogP contribution is -2.68. The van der Waals surface area contributed by atoms with Gasteiger partial charge in [0.2, 0.25) is 0 Å². The third-order valence-corrected chi connectivity index (χ3v) is 16.9. The molecule has 2 N–H and O–H groups in total. The van der Waals surface area contributed by atoms with Gasteiger partial charge in [-0.05, 0) is 10.1 Å². The van der Waals surface area contributed by atoms with Crippen molar-refractivity contribution in [3.63, 3.8) is 0 Å². The maximum atomic E-state index is 4.02. The lowest BCUT2D eigenvalue weighted by atomic mass is 10.2. The van der Waals surface area contributed by atoms with E-state index in [4.69, 9.17) is 0 Å². The quantitative estimate of drug-likeness (QED) is 0.572. The standard InChI is InChI=1S/C15H38N2Si3/c1-12-18-13(16-19(8,9)14(2,3)4)17-20(10,11)15(5,6)7/h12-13,16-17H,1,18H2,2-11H3. The molecule has 20 heavy (non-hydrogen) atoms. The first-order chi connectivity index (χ1) is 8.64. The van der Waals surface area contributed by atoms with Gasteiger partial charge >= 0.3 is 0 Å². The topological polar surface area (TPSA) is 24.1 Å². The van der Waals surface area contributed by atoms with E-state index in [1.165, 1.54) is 0 Å². The summed E-state index contributed by atoms with van der Waals surface area (Å²) in [5, 5.41) is 0.742. The predicted molar refractivity (Wildman–Crippen MR) is 103 cm³/mol. The minimum absolute atomic E-state index is 0.329. The van der Waals surface area contributed by atoms with Gasteiger partial charge in [-0.1, -0.05) is 67.7 Å². The maximum absolute atomic E-state index is 4.02. The molecule has 0 aliphatic carbocycles. The Morgan fingerprint density at radius 3 is 1.35 bits per heavy atom. The first-order valence-electron chi connectivity index (χ1n) is 7.80. The highest BCUT2D eigenvalue weighted by atomic mass is 28.3. The summed E-state index contributed by atoms with van der Waals surface area (Å²) in [4.78, 5) is 8.03. The molecule has 0 aromatic heterocycles. The van der Waals surface area contributed by atoms with E-state index in [0.717, 1.165) is 0 Å². The molecule has 0 spiro atoms. The summed E-state index contributed by atoms with van der Waals surface area (Å²) in [5.74, 6) is 0.495. The van der Waals surface area contributed by atoms with Crippen LogP contribution in [0.2, 0.25) is 36.3 Å². The normalized spacial score (nSPS) is 15.3. The highest BCUT2D eigenvalue weighted by molar-refractivity contribution is 6.80. The highest BCUT2D eigenvalue weighted by Crippen LogP contribution is 2.36. The Balaban J connectivity index is 5.06. The number of hydrogen-bond donors (Lipinski definition) is 2. The smallest absolute Gasteiger partial charge is 0.125 e. The molecular weight excluding hydrogens is 292 g/mol. The monoisotopic (exact) mass is 330 g/mol. The van der Waals surface area contributed by atoms with Crippen LogP contribution in [0, 0.1) is 0 Å². The zero-order valence-corrected chi connectivity index (χ0v) is 19.0. The molecule has 0 aliphatic rings. The van der Waals surface area contributed by atoms with E-state index >= 15 is 0 Å². The second kappa shape index (κ2) is 6.60. The maximum Gasteiger partial charge on any atom is 0.125 e. The van der Waals surface area contributed by atoms with Crippen molar-refractivity contribution in [1.82, 2.24) is 9.96 Å². The lowest BCUT2D eigenvalue weighted by molar-refractivity contribution is 0.627. The summed E-state index contributed by atoms with van der Waals surface area (Å²) in [6.45, 7) is 28.0. The fourth-order valence-corrected chi connectivity index (χ4v) is 8.86. The fraction of sp³-hybridized carbons (Fsp3) is 0.867. The number of hydrogen-bond acceptors (Lipinski definition) is 2. The first-order valence-corrected chi connectivity index (χ1v) is 15.4. The molecule has 0 aliphatic heterocycles. The van der Waals surface area contributed by atoms with Crippen LogP contribution in [0.25, 0.3) is 0 Å². The van der Waals surface area contributed by atoms with Crippen molar-refractivity contribution in [2.75, 3.05) is 0 Å². The lowest BCUT2D eigenvalue weighted by Gasteiger charge is -2.45. The molecule has 0 unspecified atom stereocenters. The Kier molecular flexibility index (Phi) is 6.71. The van der Waals surface area contributed by atoms with Crippen molar-refractivity contribution in [3.8, 4) is 0 Å². The fourth-order valence-electron chi connectivity index (χ4n) is 1.62. The van der Waals surface area contributed by atoms with Crippen LogP contribution in [-0.4, -0.2) is 31.8 Å². The van der Waals surface area contributed by atoms with Crippen molar-refractivity contribution in [2.24, 2.45) is 0 Å². The average Bonchev–Trinajstić information content (AvgIpc) is 2.12. The second-order valence-corrected chi connectivity index (χ2v) is 21.1. The van der Waals surface area contributed by atoms with E-state index in [-0.39, 0.29) is 9.52 Å². The number of nitrogens with one attached hydrogen (secondary N) is 2. The minimum atomic E-state index is -1.47. The van der Waals surface area contributed by atoms with Crippen LogP contribution in [0.15, 0.2) is 12.3 Å². The number of rotatable bonds is 6. The van der Waals surface area contributed by atoms with Gasteiger partial charge in [0.15, 0.2) is 0 Å². The van der Waals surface area contributed by atoms with Crippen LogP contribution in [0.5, 0.6) is 0 Å². The third kappa shape index (κ3) is 5.60. The van der Waals surface area contributed by atoms with E-state index in [1.807, 2.05) is 0 Å². The van der Waals surface area contributed by atoms with Crippen molar-refractivity contribution in [1.29, 1.82) is 0 Å². The molecule has 0 saturated carbocycles. The van der Waals surface area contributed by atoms with E-state index < -0.39 is 16.5 Å². The molecule has 0 bridgehead atoms. The molecule has 5 heteroatoms. The predicted octanol–water partition coefficient (Wildman–Crippen LogP) is 3.77. The minimum Gasteiger partial charge on any atom is -0.326 e. The molecule has 0 aromatic carbocycles. The van der Waals surface area contributed by atoms with Gasteiger partial charge in [-0.2, -0.15) is 0 Å². The summed E-state index contributed by atoms with van der Waals surface area (Å²) >= 11 is 0. The molecule has 0 atom stereocenters.